The minimum atomic E-state index is -0.107. The molecule has 1 N–H and O–H groups in total. The first-order chi connectivity index (χ1) is 11.7. The lowest BCUT2D eigenvalue weighted by Crippen LogP contribution is -2.73. The molecule has 2 saturated carbocycles. The molecule has 2 bridgehead atoms. The molecule has 0 amide bonds. The monoisotopic (exact) mass is 327 g/mol. The molecule has 3 heteroatoms. The van der Waals surface area contributed by atoms with Crippen molar-refractivity contribution in [3.05, 3.63) is 29.3 Å². The first kappa shape index (κ1) is 15.2. The molecule has 3 fully saturated rings. The van der Waals surface area contributed by atoms with E-state index in [-0.39, 0.29) is 11.0 Å². The predicted molar refractivity (Wildman–Crippen MR) is 94.4 cm³/mol. The van der Waals surface area contributed by atoms with Crippen molar-refractivity contribution in [1.29, 1.82) is 0 Å². The second-order valence-electron chi connectivity index (χ2n) is 8.60. The van der Waals surface area contributed by atoms with E-state index in [4.69, 9.17) is 4.74 Å². The number of ether oxygens (including phenoxy) is 1. The Labute approximate surface area is 145 Å². The SMILES string of the molecule is COC12CCCCC13CCN(CC1CC1)C2Cc1cccc(O)c13. The molecular formula is C21H29NO2. The third-order valence-electron chi connectivity index (χ3n) is 7.59. The first-order valence-corrected chi connectivity index (χ1v) is 9.81. The molecule has 0 spiro atoms. The number of piperidine rings is 1. The zero-order chi connectivity index (χ0) is 16.4. The van der Waals surface area contributed by atoms with Crippen molar-refractivity contribution in [2.45, 2.75) is 68.4 Å². The average Bonchev–Trinajstić information content (AvgIpc) is 3.41. The van der Waals surface area contributed by atoms with Gasteiger partial charge in [0.05, 0.1) is 5.60 Å². The van der Waals surface area contributed by atoms with Crippen LogP contribution in [0.4, 0.5) is 0 Å². The van der Waals surface area contributed by atoms with Crippen LogP contribution in [0.5, 0.6) is 5.75 Å². The predicted octanol–water partition coefficient (Wildman–Crippen LogP) is 3.63. The van der Waals surface area contributed by atoms with Crippen molar-refractivity contribution in [2.24, 2.45) is 5.92 Å². The first-order valence-electron chi connectivity index (χ1n) is 9.81. The topological polar surface area (TPSA) is 32.7 Å². The molecule has 0 radical (unpaired) electrons. The Balaban J connectivity index is 1.68. The highest BCUT2D eigenvalue weighted by molar-refractivity contribution is 5.52. The van der Waals surface area contributed by atoms with Gasteiger partial charge in [0.2, 0.25) is 0 Å². The van der Waals surface area contributed by atoms with E-state index in [9.17, 15) is 5.11 Å². The number of benzene rings is 1. The summed E-state index contributed by atoms with van der Waals surface area (Å²) in [5.74, 6) is 1.42. The molecule has 1 saturated heterocycles. The summed E-state index contributed by atoms with van der Waals surface area (Å²) in [7, 11) is 1.93. The lowest BCUT2D eigenvalue weighted by molar-refractivity contribution is -0.186. The molecule has 3 unspecified atom stereocenters. The zero-order valence-electron chi connectivity index (χ0n) is 14.8. The summed E-state index contributed by atoms with van der Waals surface area (Å²) in [6, 6.07) is 6.64. The van der Waals surface area contributed by atoms with Crippen molar-refractivity contribution in [3.63, 3.8) is 0 Å². The standard InChI is InChI=1S/C21H29NO2/c1-24-21-10-3-2-9-20(21)11-12-22(14-15-7-8-15)18(21)13-16-5-4-6-17(23)19(16)20/h4-6,15,18,23H,2-3,7-14H2,1H3. The van der Waals surface area contributed by atoms with Gasteiger partial charge in [-0.05, 0) is 62.6 Å². The van der Waals surface area contributed by atoms with Crippen molar-refractivity contribution >= 4 is 0 Å². The molecule has 1 aromatic rings. The van der Waals surface area contributed by atoms with Crippen LogP contribution in [-0.4, -0.2) is 41.8 Å². The summed E-state index contributed by atoms with van der Waals surface area (Å²) >= 11 is 0. The lowest BCUT2D eigenvalue weighted by Gasteiger charge is -2.65. The van der Waals surface area contributed by atoms with E-state index in [0.29, 0.717) is 11.8 Å². The molecule has 1 aliphatic heterocycles. The van der Waals surface area contributed by atoms with E-state index in [1.54, 1.807) is 0 Å². The number of nitrogens with zero attached hydrogens (tertiary/aromatic N) is 1. The summed E-state index contributed by atoms with van der Waals surface area (Å²) in [6.07, 6.45) is 9.81. The van der Waals surface area contributed by atoms with Gasteiger partial charge in [0.1, 0.15) is 5.75 Å². The van der Waals surface area contributed by atoms with E-state index >= 15 is 0 Å². The number of hydrogen-bond donors (Lipinski definition) is 1. The second-order valence-corrected chi connectivity index (χ2v) is 8.60. The Morgan fingerprint density at radius 3 is 2.83 bits per heavy atom. The number of phenols is 1. The molecule has 130 valence electrons. The maximum Gasteiger partial charge on any atom is 0.119 e. The van der Waals surface area contributed by atoms with Gasteiger partial charge in [-0.2, -0.15) is 0 Å². The third-order valence-corrected chi connectivity index (χ3v) is 7.59. The van der Waals surface area contributed by atoms with Crippen LogP contribution in [0.3, 0.4) is 0 Å². The molecule has 1 heterocycles. The molecule has 5 rings (SSSR count). The normalized spacial score (nSPS) is 38.5. The van der Waals surface area contributed by atoms with Gasteiger partial charge in [-0.3, -0.25) is 4.90 Å². The highest BCUT2D eigenvalue weighted by atomic mass is 16.5. The quantitative estimate of drug-likeness (QED) is 0.920. The number of aromatic hydroxyl groups is 1. The number of hydrogen-bond acceptors (Lipinski definition) is 3. The van der Waals surface area contributed by atoms with Crippen LogP contribution >= 0.6 is 0 Å². The van der Waals surface area contributed by atoms with Crippen molar-refractivity contribution in [2.75, 3.05) is 20.2 Å². The fraction of sp³-hybridized carbons (Fsp3) is 0.714. The molecule has 0 aromatic heterocycles. The maximum absolute atomic E-state index is 10.8. The Hall–Kier alpha value is -1.06. The Kier molecular flexibility index (Phi) is 3.31. The summed E-state index contributed by atoms with van der Waals surface area (Å²) in [4.78, 5) is 2.75. The third kappa shape index (κ3) is 1.86. The van der Waals surface area contributed by atoms with Gasteiger partial charge in [-0.1, -0.05) is 25.0 Å². The average molecular weight is 327 g/mol. The minimum absolute atomic E-state index is 0.0175. The number of phenolic OH excluding ortho intramolecular Hbond substituents is 1. The molecule has 3 aliphatic carbocycles. The Morgan fingerprint density at radius 1 is 1.21 bits per heavy atom. The van der Waals surface area contributed by atoms with E-state index in [2.05, 4.69) is 11.0 Å². The summed E-state index contributed by atoms with van der Waals surface area (Å²) in [6.45, 7) is 2.42. The largest absolute Gasteiger partial charge is 0.508 e. The van der Waals surface area contributed by atoms with Crippen LogP contribution in [0.1, 0.15) is 56.1 Å². The van der Waals surface area contributed by atoms with Crippen LogP contribution in [0.15, 0.2) is 18.2 Å². The minimum Gasteiger partial charge on any atom is -0.508 e. The lowest BCUT2D eigenvalue weighted by atomic mass is 9.49. The van der Waals surface area contributed by atoms with Gasteiger partial charge in [0, 0.05) is 30.7 Å². The van der Waals surface area contributed by atoms with Crippen LogP contribution in [0, 0.1) is 5.92 Å². The van der Waals surface area contributed by atoms with Gasteiger partial charge < -0.3 is 9.84 Å². The summed E-state index contributed by atoms with van der Waals surface area (Å²) in [5, 5.41) is 10.8. The van der Waals surface area contributed by atoms with E-state index in [1.807, 2.05) is 19.2 Å². The van der Waals surface area contributed by atoms with Crippen LogP contribution in [-0.2, 0) is 16.6 Å². The number of methoxy groups -OCH3 is 1. The highest BCUT2D eigenvalue weighted by Gasteiger charge is 2.65. The molecule has 3 atom stereocenters. The fourth-order valence-electron chi connectivity index (χ4n) is 6.43. The van der Waals surface area contributed by atoms with E-state index in [1.165, 1.54) is 56.3 Å². The number of likely N-dealkylation sites (tertiary alicyclic amines) is 1. The Morgan fingerprint density at radius 2 is 2.04 bits per heavy atom. The Bertz CT molecular complexity index is 655. The van der Waals surface area contributed by atoms with Crippen molar-refractivity contribution in [1.82, 2.24) is 4.90 Å². The molecule has 1 aromatic carbocycles. The van der Waals surface area contributed by atoms with Gasteiger partial charge in [0.25, 0.3) is 0 Å². The summed E-state index contributed by atoms with van der Waals surface area (Å²) < 4.78 is 6.43. The highest BCUT2D eigenvalue weighted by Crippen LogP contribution is 2.61. The molecule has 24 heavy (non-hydrogen) atoms. The van der Waals surface area contributed by atoms with Gasteiger partial charge in [0.15, 0.2) is 0 Å². The smallest absolute Gasteiger partial charge is 0.119 e. The molecule has 3 nitrogen and oxygen atoms in total. The maximum atomic E-state index is 10.8. The van der Waals surface area contributed by atoms with Gasteiger partial charge in [-0.25, -0.2) is 0 Å². The summed E-state index contributed by atoms with van der Waals surface area (Å²) in [5.41, 5.74) is 2.51. The van der Waals surface area contributed by atoms with Gasteiger partial charge >= 0.3 is 0 Å². The molecular weight excluding hydrogens is 298 g/mol. The number of rotatable bonds is 3. The fourth-order valence-corrected chi connectivity index (χ4v) is 6.43. The van der Waals surface area contributed by atoms with Crippen molar-refractivity contribution in [3.8, 4) is 5.75 Å². The van der Waals surface area contributed by atoms with Crippen molar-refractivity contribution < 1.29 is 9.84 Å². The number of fused-ring (bicyclic) bond motifs is 1. The van der Waals surface area contributed by atoms with E-state index < -0.39 is 0 Å². The second kappa shape index (κ2) is 5.22. The van der Waals surface area contributed by atoms with Gasteiger partial charge in [-0.15, -0.1) is 0 Å². The van der Waals surface area contributed by atoms with Crippen LogP contribution in [0.25, 0.3) is 0 Å². The van der Waals surface area contributed by atoms with Crippen LogP contribution in [0.2, 0.25) is 0 Å². The zero-order valence-corrected chi connectivity index (χ0v) is 14.8. The van der Waals surface area contributed by atoms with E-state index in [0.717, 1.165) is 25.2 Å². The molecule has 4 aliphatic rings. The van der Waals surface area contributed by atoms with Crippen LogP contribution < -0.4 is 0 Å².